The molecular weight excluding hydrogens is 290 g/mol. The third-order valence-corrected chi connectivity index (χ3v) is 3.96. The fourth-order valence-electron chi connectivity index (χ4n) is 2.61. The molecule has 2 aromatic rings. The smallest absolute Gasteiger partial charge is 0.240 e. The van der Waals surface area contributed by atoms with Gasteiger partial charge in [0, 0.05) is 25.4 Å². The van der Waals surface area contributed by atoms with Crippen molar-refractivity contribution in [1.82, 2.24) is 24.6 Å². The largest absolute Gasteiger partial charge is 0.352 e. The van der Waals surface area contributed by atoms with Crippen LogP contribution < -0.4 is 5.32 Å². The van der Waals surface area contributed by atoms with Crippen LogP contribution in [0, 0.1) is 0 Å². The summed E-state index contributed by atoms with van der Waals surface area (Å²) < 4.78 is 3.75. The van der Waals surface area contributed by atoms with Gasteiger partial charge >= 0.3 is 0 Å². The van der Waals surface area contributed by atoms with Crippen LogP contribution in [0.25, 0.3) is 11.2 Å². The number of carbonyl (C=O) groups excluding carboxylic acids is 1. The molecule has 7 heteroatoms. The Labute approximate surface area is 128 Å². The highest BCUT2D eigenvalue weighted by molar-refractivity contribution is 6.17. The second-order valence-electron chi connectivity index (χ2n) is 5.49. The van der Waals surface area contributed by atoms with E-state index in [0.717, 1.165) is 41.9 Å². The Bertz CT molecular complexity index is 670. The lowest BCUT2D eigenvalue weighted by Gasteiger charge is -2.09. The summed E-state index contributed by atoms with van der Waals surface area (Å²) >= 11 is 5.87. The molecule has 1 aliphatic carbocycles. The quantitative estimate of drug-likeness (QED) is 0.820. The number of fused-ring (bicyclic) bond motifs is 1. The number of hydrogen-bond acceptors (Lipinski definition) is 3. The maximum absolute atomic E-state index is 12.1. The zero-order chi connectivity index (χ0) is 15.0. The third kappa shape index (κ3) is 2.77. The minimum absolute atomic E-state index is 0.0341. The monoisotopic (exact) mass is 309 g/mol. The second-order valence-corrected chi connectivity index (χ2v) is 5.87. The lowest BCUT2D eigenvalue weighted by molar-refractivity contribution is -0.121. The molecule has 1 amide bonds. The molecule has 1 saturated carbocycles. The van der Waals surface area contributed by atoms with E-state index in [2.05, 4.69) is 22.3 Å². The normalized spacial score (nSPS) is 14.8. The molecule has 0 spiro atoms. The van der Waals surface area contributed by atoms with Gasteiger partial charge in [0.25, 0.3) is 0 Å². The maximum atomic E-state index is 12.1. The summed E-state index contributed by atoms with van der Waals surface area (Å²) in [5.74, 6) is 1.38. The highest BCUT2D eigenvalue weighted by Crippen LogP contribution is 2.22. The van der Waals surface area contributed by atoms with E-state index in [1.165, 1.54) is 0 Å². The molecule has 0 bridgehead atoms. The van der Waals surface area contributed by atoms with Crippen LogP contribution in [0.4, 0.5) is 0 Å². The van der Waals surface area contributed by atoms with Crippen molar-refractivity contribution in [3.63, 3.8) is 0 Å². The number of alkyl halides is 1. The van der Waals surface area contributed by atoms with E-state index in [4.69, 9.17) is 11.6 Å². The van der Waals surface area contributed by atoms with Crippen molar-refractivity contribution in [3.8, 4) is 0 Å². The first-order valence-corrected chi connectivity index (χ1v) is 7.93. The topological polar surface area (TPSA) is 64.7 Å². The van der Waals surface area contributed by atoms with Gasteiger partial charge < -0.3 is 9.88 Å². The van der Waals surface area contributed by atoms with Crippen LogP contribution in [0.1, 0.15) is 31.3 Å². The maximum Gasteiger partial charge on any atom is 0.240 e. The van der Waals surface area contributed by atoms with Crippen molar-refractivity contribution >= 4 is 28.7 Å². The van der Waals surface area contributed by atoms with Gasteiger partial charge in [-0.25, -0.2) is 4.98 Å². The average Bonchev–Trinajstić information content (AvgIpc) is 3.11. The highest BCUT2D eigenvalue weighted by Gasteiger charge is 2.25. The van der Waals surface area contributed by atoms with Crippen LogP contribution in [0.2, 0.25) is 0 Å². The highest BCUT2D eigenvalue weighted by atomic mass is 35.5. The van der Waals surface area contributed by atoms with E-state index >= 15 is 0 Å². The van der Waals surface area contributed by atoms with Crippen molar-refractivity contribution < 1.29 is 4.79 Å². The molecule has 21 heavy (non-hydrogen) atoms. The number of rotatable bonds is 6. The molecule has 0 aromatic carbocycles. The Balaban J connectivity index is 1.97. The van der Waals surface area contributed by atoms with Gasteiger partial charge in [0.1, 0.15) is 17.9 Å². The van der Waals surface area contributed by atoms with Gasteiger partial charge in [0.05, 0.1) is 5.69 Å². The lowest BCUT2D eigenvalue weighted by atomic mass is 10.3. The SMILES string of the molecule is CCc1nn(C)c2c1nc(CCCl)n2CC(=O)NC1CC1. The number of halogens is 1. The minimum Gasteiger partial charge on any atom is -0.352 e. The molecule has 0 saturated heterocycles. The minimum atomic E-state index is 0.0341. The lowest BCUT2D eigenvalue weighted by Crippen LogP contribution is -2.30. The Kier molecular flexibility index (Phi) is 3.89. The number of carbonyl (C=O) groups is 1. The van der Waals surface area contributed by atoms with Crippen molar-refractivity contribution in [2.45, 2.75) is 45.2 Å². The molecule has 0 unspecified atom stereocenters. The molecule has 1 fully saturated rings. The Morgan fingerprint density at radius 3 is 2.86 bits per heavy atom. The standard InChI is InChI=1S/C14H20ClN5O/c1-3-10-13-14(19(2)18-10)20(11(17-13)6-7-15)8-12(21)16-9-4-5-9/h9H,3-8H2,1-2H3,(H,16,21). The number of amides is 1. The summed E-state index contributed by atoms with van der Waals surface area (Å²) in [5, 5.41) is 7.50. The number of imidazole rings is 1. The summed E-state index contributed by atoms with van der Waals surface area (Å²) in [5.41, 5.74) is 2.75. The zero-order valence-corrected chi connectivity index (χ0v) is 13.2. The van der Waals surface area contributed by atoms with Gasteiger partial charge in [0.15, 0.2) is 5.65 Å². The Morgan fingerprint density at radius 1 is 1.48 bits per heavy atom. The first-order chi connectivity index (χ1) is 10.1. The number of hydrogen-bond donors (Lipinski definition) is 1. The van der Waals surface area contributed by atoms with Gasteiger partial charge in [0.2, 0.25) is 5.91 Å². The molecule has 114 valence electrons. The average molecular weight is 310 g/mol. The molecule has 0 atom stereocenters. The summed E-state index contributed by atoms with van der Waals surface area (Å²) in [6, 6.07) is 0.366. The first-order valence-electron chi connectivity index (χ1n) is 7.40. The van der Waals surface area contributed by atoms with Crippen LogP contribution >= 0.6 is 11.6 Å². The van der Waals surface area contributed by atoms with Gasteiger partial charge in [-0.1, -0.05) is 6.92 Å². The van der Waals surface area contributed by atoms with E-state index < -0.39 is 0 Å². The van der Waals surface area contributed by atoms with Crippen LogP contribution in [0.15, 0.2) is 0 Å². The van der Waals surface area contributed by atoms with E-state index in [0.29, 0.717) is 18.3 Å². The molecular formula is C14H20ClN5O. The predicted octanol–water partition coefficient (Wildman–Crippen LogP) is 1.39. The predicted molar refractivity (Wildman–Crippen MR) is 81.5 cm³/mol. The van der Waals surface area contributed by atoms with E-state index in [1.54, 1.807) is 0 Å². The number of nitrogens with one attached hydrogen (secondary N) is 1. The first kappa shape index (κ1) is 14.4. The Morgan fingerprint density at radius 2 is 2.24 bits per heavy atom. The van der Waals surface area contributed by atoms with Crippen LogP contribution in [-0.2, 0) is 31.2 Å². The number of aromatic nitrogens is 4. The van der Waals surface area contributed by atoms with Crippen molar-refractivity contribution in [2.24, 2.45) is 7.05 Å². The molecule has 3 rings (SSSR count). The van der Waals surface area contributed by atoms with E-state index in [1.807, 2.05) is 16.3 Å². The molecule has 1 N–H and O–H groups in total. The number of aryl methyl sites for hydroxylation is 3. The van der Waals surface area contributed by atoms with Gasteiger partial charge in [-0.05, 0) is 19.3 Å². The molecule has 2 aromatic heterocycles. The summed E-state index contributed by atoms with van der Waals surface area (Å²) in [6.45, 7) is 2.34. The molecule has 1 aliphatic rings. The van der Waals surface area contributed by atoms with Crippen LogP contribution in [0.5, 0.6) is 0 Å². The molecule has 0 aliphatic heterocycles. The second kappa shape index (κ2) is 5.67. The molecule has 2 heterocycles. The Hall–Kier alpha value is -1.56. The van der Waals surface area contributed by atoms with Crippen LogP contribution in [-0.4, -0.2) is 37.2 Å². The summed E-state index contributed by atoms with van der Waals surface area (Å²) in [7, 11) is 1.89. The van der Waals surface area contributed by atoms with E-state index in [-0.39, 0.29) is 12.5 Å². The fourth-order valence-corrected chi connectivity index (χ4v) is 2.78. The van der Waals surface area contributed by atoms with Gasteiger partial charge in [-0.3, -0.25) is 9.48 Å². The van der Waals surface area contributed by atoms with Crippen molar-refractivity contribution in [1.29, 1.82) is 0 Å². The third-order valence-electron chi connectivity index (χ3n) is 3.77. The summed E-state index contributed by atoms with van der Waals surface area (Å²) in [4.78, 5) is 16.8. The zero-order valence-electron chi connectivity index (χ0n) is 12.4. The molecule has 0 radical (unpaired) electrons. The van der Waals surface area contributed by atoms with Crippen molar-refractivity contribution in [3.05, 3.63) is 11.5 Å². The summed E-state index contributed by atoms with van der Waals surface area (Å²) in [6.07, 6.45) is 3.65. The van der Waals surface area contributed by atoms with Crippen LogP contribution in [0.3, 0.4) is 0 Å². The van der Waals surface area contributed by atoms with Gasteiger partial charge in [-0.2, -0.15) is 5.10 Å². The van der Waals surface area contributed by atoms with Gasteiger partial charge in [-0.15, -0.1) is 11.6 Å². The molecule has 6 nitrogen and oxygen atoms in total. The van der Waals surface area contributed by atoms with Crippen molar-refractivity contribution in [2.75, 3.05) is 5.88 Å². The van der Waals surface area contributed by atoms with E-state index in [9.17, 15) is 4.79 Å². The number of nitrogens with zero attached hydrogens (tertiary/aromatic N) is 4. The fraction of sp³-hybridized carbons (Fsp3) is 0.643.